The van der Waals surface area contributed by atoms with Crippen molar-refractivity contribution in [1.29, 1.82) is 0 Å². The average Bonchev–Trinajstić information content (AvgIpc) is 2.53. The Morgan fingerprint density at radius 3 is 2.82 bits per heavy atom. The number of pyridine rings is 1. The van der Waals surface area contributed by atoms with Crippen LogP contribution < -0.4 is 5.73 Å². The van der Waals surface area contributed by atoms with Gasteiger partial charge in [-0.25, -0.2) is 0 Å². The van der Waals surface area contributed by atoms with Gasteiger partial charge in [0.1, 0.15) is 5.69 Å². The van der Waals surface area contributed by atoms with Gasteiger partial charge in [0.2, 0.25) is 5.91 Å². The number of primary amides is 1. The molecule has 1 aromatic rings. The second-order valence-corrected chi connectivity index (χ2v) is 5.90. The fraction of sp³-hybridized carbons (Fsp3) is 0.562. The summed E-state index contributed by atoms with van der Waals surface area (Å²) in [5, 5.41) is 0. The van der Waals surface area contributed by atoms with E-state index in [4.69, 9.17) is 10.5 Å². The lowest BCUT2D eigenvalue weighted by Crippen LogP contribution is -2.51. The van der Waals surface area contributed by atoms with Crippen LogP contribution in [0.3, 0.4) is 0 Å². The number of carbonyl (C=O) groups excluding carboxylic acids is 2. The third-order valence-electron chi connectivity index (χ3n) is 4.22. The molecule has 22 heavy (non-hydrogen) atoms. The van der Waals surface area contributed by atoms with Gasteiger partial charge in [-0.15, -0.1) is 0 Å². The molecule has 6 nitrogen and oxygen atoms in total. The summed E-state index contributed by atoms with van der Waals surface area (Å²) in [6.45, 7) is 3.07. The maximum Gasteiger partial charge on any atom is 0.272 e. The molecule has 2 heterocycles. The molecule has 0 aromatic carbocycles. The van der Waals surface area contributed by atoms with Gasteiger partial charge < -0.3 is 15.4 Å². The smallest absolute Gasteiger partial charge is 0.272 e. The van der Waals surface area contributed by atoms with Gasteiger partial charge in [-0.05, 0) is 37.8 Å². The SMILES string of the molecule is CO[C@@]1(CCC(N)=O)CCCN(C(=O)c2ccc(C)cn2)C1. The lowest BCUT2D eigenvalue weighted by molar-refractivity contribution is -0.121. The van der Waals surface area contributed by atoms with E-state index in [2.05, 4.69) is 4.98 Å². The molecular formula is C16H23N3O3. The molecule has 1 atom stereocenters. The Labute approximate surface area is 130 Å². The maximum atomic E-state index is 12.6. The number of carbonyl (C=O) groups is 2. The number of amides is 2. The van der Waals surface area contributed by atoms with E-state index in [1.807, 2.05) is 13.0 Å². The van der Waals surface area contributed by atoms with Crippen molar-refractivity contribution in [3.8, 4) is 0 Å². The highest BCUT2D eigenvalue weighted by Gasteiger charge is 2.37. The first-order valence-corrected chi connectivity index (χ1v) is 7.51. The topological polar surface area (TPSA) is 85.5 Å². The number of methoxy groups -OCH3 is 1. The van der Waals surface area contributed by atoms with Crippen LogP contribution in [0.4, 0.5) is 0 Å². The van der Waals surface area contributed by atoms with E-state index in [0.29, 0.717) is 25.2 Å². The number of piperidine rings is 1. The van der Waals surface area contributed by atoms with Crippen LogP contribution in [-0.2, 0) is 9.53 Å². The molecule has 2 rings (SSSR count). The molecule has 6 heteroatoms. The van der Waals surface area contributed by atoms with Crippen LogP contribution >= 0.6 is 0 Å². The molecule has 0 unspecified atom stereocenters. The van der Waals surface area contributed by atoms with Gasteiger partial charge in [0.05, 0.1) is 12.1 Å². The number of hydrogen-bond donors (Lipinski definition) is 1. The highest BCUT2D eigenvalue weighted by Crippen LogP contribution is 2.29. The number of nitrogens with zero attached hydrogens (tertiary/aromatic N) is 2. The Morgan fingerprint density at radius 2 is 2.23 bits per heavy atom. The largest absolute Gasteiger partial charge is 0.376 e. The third-order valence-corrected chi connectivity index (χ3v) is 4.22. The van der Waals surface area contributed by atoms with Crippen LogP contribution in [0.2, 0.25) is 0 Å². The van der Waals surface area contributed by atoms with Gasteiger partial charge in [-0.2, -0.15) is 0 Å². The minimum atomic E-state index is -0.492. The van der Waals surface area contributed by atoms with Gasteiger partial charge in [0.25, 0.3) is 5.91 Å². The van der Waals surface area contributed by atoms with Gasteiger partial charge in [-0.1, -0.05) is 6.07 Å². The number of hydrogen-bond acceptors (Lipinski definition) is 4. The number of aromatic nitrogens is 1. The van der Waals surface area contributed by atoms with Crippen LogP contribution in [0.15, 0.2) is 18.3 Å². The highest BCUT2D eigenvalue weighted by atomic mass is 16.5. The lowest BCUT2D eigenvalue weighted by atomic mass is 9.87. The quantitative estimate of drug-likeness (QED) is 0.888. The summed E-state index contributed by atoms with van der Waals surface area (Å²) >= 11 is 0. The van der Waals surface area contributed by atoms with Crippen molar-refractivity contribution in [3.63, 3.8) is 0 Å². The summed E-state index contributed by atoms with van der Waals surface area (Å²) in [7, 11) is 1.62. The van der Waals surface area contributed by atoms with Crippen molar-refractivity contribution < 1.29 is 14.3 Å². The van der Waals surface area contributed by atoms with E-state index in [9.17, 15) is 9.59 Å². The van der Waals surface area contributed by atoms with Crippen LogP contribution in [0.25, 0.3) is 0 Å². The molecular weight excluding hydrogens is 282 g/mol. The molecule has 0 saturated carbocycles. The Kier molecular flexibility index (Phi) is 5.13. The van der Waals surface area contributed by atoms with Crippen molar-refractivity contribution in [3.05, 3.63) is 29.6 Å². The summed E-state index contributed by atoms with van der Waals surface area (Å²) in [4.78, 5) is 29.6. The standard InChI is InChI=1S/C16H23N3O3/c1-12-4-5-13(18-10-12)15(21)19-9-3-7-16(11-19,22-2)8-6-14(17)20/h4-5,10H,3,6-9,11H2,1-2H3,(H2,17,20)/t16-/m1/s1. The first-order chi connectivity index (χ1) is 10.5. The van der Waals surface area contributed by atoms with E-state index in [1.54, 1.807) is 24.3 Å². The van der Waals surface area contributed by atoms with E-state index < -0.39 is 5.60 Å². The van der Waals surface area contributed by atoms with Crippen molar-refractivity contribution in [1.82, 2.24) is 9.88 Å². The Balaban J connectivity index is 2.09. The number of ether oxygens (including phenoxy) is 1. The van der Waals surface area contributed by atoms with Crippen molar-refractivity contribution >= 4 is 11.8 Å². The monoisotopic (exact) mass is 305 g/mol. The lowest BCUT2D eigenvalue weighted by Gasteiger charge is -2.41. The van der Waals surface area contributed by atoms with E-state index >= 15 is 0 Å². The molecule has 1 aromatic heterocycles. The molecule has 1 aliphatic rings. The molecule has 2 N–H and O–H groups in total. The summed E-state index contributed by atoms with van der Waals surface area (Å²) in [5.74, 6) is -0.444. The van der Waals surface area contributed by atoms with E-state index in [1.165, 1.54) is 0 Å². The maximum absolute atomic E-state index is 12.6. The minimum Gasteiger partial charge on any atom is -0.376 e. The summed E-state index contributed by atoms with van der Waals surface area (Å²) in [6, 6.07) is 3.62. The molecule has 1 saturated heterocycles. The zero-order valence-electron chi connectivity index (χ0n) is 13.2. The normalized spacial score (nSPS) is 21.6. The average molecular weight is 305 g/mol. The van der Waals surface area contributed by atoms with Gasteiger partial charge in [0, 0.05) is 26.3 Å². The van der Waals surface area contributed by atoms with E-state index in [-0.39, 0.29) is 18.2 Å². The summed E-state index contributed by atoms with van der Waals surface area (Å²) < 4.78 is 5.64. The second kappa shape index (κ2) is 6.87. The fourth-order valence-corrected chi connectivity index (χ4v) is 2.85. The van der Waals surface area contributed by atoms with Crippen LogP contribution in [0.5, 0.6) is 0 Å². The first-order valence-electron chi connectivity index (χ1n) is 7.51. The number of nitrogens with two attached hydrogens (primary N) is 1. The zero-order valence-corrected chi connectivity index (χ0v) is 13.2. The zero-order chi connectivity index (χ0) is 16.2. The minimum absolute atomic E-state index is 0.0970. The van der Waals surface area contributed by atoms with Crippen molar-refractivity contribution in [2.75, 3.05) is 20.2 Å². The molecule has 0 bridgehead atoms. The Hall–Kier alpha value is -1.95. The first kappa shape index (κ1) is 16.4. The summed E-state index contributed by atoms with van der Waals surface area (Å²) in [6.07, 6.45) is 4.14. The Bertz CT molecular complexity index is 544. The molecule has 0 spiro atoms. The third kappa shape index (κ3) is 3.82. The molecule has 0 aliphatic carbocycles. The highest BCUT2D eigenvalue weighted by molar-refractivity contribution is 5.92. The predicted molar refractivity (Wildman–Crippen MR) is 82.3 cm³/mol. The number of rotatable bonds is 5. The summed E-state index contributed by atoms with van der Waals surface area (Å²) in [5.41, 5.74) is 6.20. The van der Waals surface area contributed by atoms with Crippen LogP contribution in [0, 0.1) is 6.92 Å². The van der Waals surface area contributed by atoms with Crippen molar-refractivity contribution in [2.24, 2.45) is 5.73 Å². The Morgan fingerprint density at radius 1 is 1.45 bits per heavy atom. The molecule has 1 fully saturated rings. The molecule has 0 radical (unpaired) electrons. The predicted octanol–water partition coefficient (Wildman–Crippen LogP) is 1.28. The van der Waals surface area contributed by atoms with Crippen molar-refractivity contribution in [2.45, 2.75) is 38.2 Å². The van der Waals surface area contributed by atoms with Gasteiger partial charge in [0.15, 0.2) is 0 Å². The second-order valence-electron chi connectivity index (χ2n) is 5.90. The van der Waals surface area contributed by atoms with Gasteiger partial charge >= 0.3 is 0 Å². The van der Waals surface area contributed by atoms with E-state index in [0.717, 1.165) is 18.4 Å². The number of aryl methyl sites for hydroxylation is 1. The molecule has 120 valence electrons. The number of likely N-dealkylation sites (tertiary alicyclic amines) is 1. The van der Waals surface area contributed by atoms with Crippen LogP contribution in [-0.4, -0.2) is 47.5 Å². The van der Waals surface area contributed by atoms with Crippen LogP contribution in [0.1, 0.15) is 41.7 Å². The molecule has 1 aliphatic heterocycles. The molecule has 2 amide bonds. The fourth-order valence-electron chi connectivity index (χ4n) is 2.85. The van der Waals surface area contributed by atoms with Gasteiger partial charge in [-0.3, -0.25) is 14.6 Å².